The number of rotatable bonds is 8. The SMILES string of the molecule is CCc1cc(C(Nc2ccc(C(=N)N)cc2)C(=O)[O-])ccc1OC(C)C.Cl. The number of ether oxygens (including phenoxy) is 1. The molecule has 0 radical (unpaired) electrons. The van der Waals surface area contributed by atoms with Crippen molar-refractivity contribution in [2.75, 3.05) is 5.32 Å². The van der Waals surface area contributed by atoms with E-state index < -0.39 is 12.0 Å². The van der Waals surface area contributed by atoms with Gasteiger partial charge in [0.15, 0.2) is 0 Å². The molecule has 0 aliphatic carbocycles. The van der Waals surface area contributed by atoms with Gasteiger partial charge in [0, 0.05) is 11.3 Å². The van der Waals surface area contributed by atoms with Crippen LogP contribution in [0.3, 0.4) is 0 Å². The third-order valence-electron chi connectivity index (χ3n) is 3.90. The number of carbonyl (C=O) groups excluding carboxylic acids is 1. The molecule has 2 aromatic carbocycles. The van der Waals surface area contributed by atoms with Crippen LogP contribution in [0, 0.1) is 5.41 Å². The number of halogens is 1. The second-order valence-electron chi connectivity index (χ2n) is 6.27. The molecule has 0 heterocycles. The van der Waals surface area contributed by atoms with Crippen molar-refractivity contribution in [2.45, 2.75) is 39.3 Å². The van der Waals surface area contributed by atoms with Crippen molar-refractivity contribution in [1.82, 2.24) is 0 Å². The van der Waals surface area contributed by atoms with Gasteiger partial charge in [0.2, 0.25) is 0 Å². The molecule has 0 aliphatic rings. The zero-order chi connectivity index (χ0) is 19.3. The van der Waals surface area contributed by atoms with Gasteiger partial charge in [0.25, 0.3) is 0 Å². The molecule has 0 spiro atoms. The Hall–Kier alpha value is -2.73. The number of nitrogens with two attached hydrogens (primary N) is 1. The normalized spacial score (nSPS) is 11.4. The summed E-state index contributed by atoms with van der Waals surface area (Å²) in [6, 6.07) is 11.0. The number of nitrogens with one attached hydrogen (secondary N) is 2. The topological polar surface area (TPSA) is 111 Å². The Kier molecular flexibility index (Phi) is 8.12. The number of hydrogen-bond acceptors (Lipinski definition) is 5. The van der Waals surface area contributed by atoms with Crippen molar-refractivity contribution < 1.29 is 14.6 Å². The van der Waals surface area contributed by atoms with Crippen molar-refractivity contribution in [3.8, 4) is 5.75 Å². The second-order valence-corrected chi connectivity index (χ2v) is 6.27. The molecular weight excluding hydrogens is 366 g/mol. The predicted octanol–water partition coefficient (Wildman–Crippen LogP) is 2.65. The molecule has 2 aromatic rings. The highest BCUT2D eigenvalue weighted by Gasteiger charge is 2.15. The summed E-state index contributed by atoms with van der Waals surface area (Å²) in [6.07, 6.45) is 0.768. The quantitative estimate of drug-likeness (QED) is 0.474. The molecule has 1 atom stereocenters. The number of carbonyl (C=O) groups is 1. The van der Waals surface area contributed by atoms with Crippen LogP contribution < -0.4 is 20.9 Å². The van der Waals surface area contributed by atoms with E-state index in [0.29, 0.717) is 16.8 Å². The Morgan fingerprint density at radius 2 is 1.85 bits per heavy atom. The summed E-state index contributed by atoms with van der Waals surface area (Å²) in [5, 5.41) is 22.0. The van der Waals surface area contributed by atoms with E-state index in [2.05, 4.69) is 5.32 Å². The number of aliphatic carboxylic acids is 1. The predicted molar refractivity (Wildman–Crippen MR) is 108 cm³/mol. The van der Waals surface area contributed by atoms with E-state index in [1.807, 2.05) is 26.8 Å². The van der Waals surface area contributed by atoms with Gasteiger partial charge in [-0.1, -0.05) is 13.0 Å². The van der Waals surface area contributed by atoms with Crippen LogP contribution in [0.15, 0.2) is 42.5 Å². The number of benzene rings is 2. The van der Waals surface area contributed by atoms with Crippen molar-refractivity contribution in [3.05, 3.63) is 59.2 Å². The maximum atomic E-state index is 11.7. The van der Waals surface area contributed by atoms with E-state index in [1.165, 1.54) is 0 Å². The average Bonchev–Trinajstić information content (AvgIpc) is 2.59. The number of nitrogen functional groups attached to an aromatic ring is 1. The van der Waals surface area contributed by atoms with Crippen molar-refractivity contribution in [2.24, 2.45) is 5.73 Å². The summed E-state index contributed by atoms with van der Waals surface area (Å²) in [4.78, 5) is 11.7. The Morgan fingerprint density at radius 3 is 2.33 bits per heavy atom. The summed E-state index contributed by atoms with van der Waals surface area (Å²) in [7, 11) is 0. The van der Waals surface area contributed by atoms with Gasteiger partial charge >= 0.3 is 0 Å². The van der Waals surface area contributed by atoms with E-state index in [1.54, 1.807) is 36.4 Å². The molecule has 0 amide bonds. The number of carboxylic acids is 1. The minimum absolute atomic E-state index is 0. The molecule has 1 unspecified atom stereocenters. The van der Waals surface area contributed by atoms with E-state index in [-0.39, 0.29) is 24.3 Å². The molecule has 27 heavy (non-hydrogen) atoms. The summed E-state index contributed by atoms with van der Waals surface area (Å²) >= 11 is 0. The summed E-state index contributed by atoms with van der Waals surface area (Å²) in [6.45, 7) is 5.89. The van der Waals surface area contributed by atoms with Crippen LogP contribution in [0.1, 0.15) is 43.5 Å². The van der Waals surface area contributed by atoms with Gasteiger partial charge < -0.3 is 25.7 Å². The first-order chi connectivity index (χ1) is 12.3. The second kappa shape index (κ2) is 9.83. The minimum atomic E-state index is -1.22. The number of amidine groups is 1. The zero-order valence-electron chi connectivity index (χ0n) is 15.6. The monoisotopic (exact) mass is 390 g/mol. The maximum absolute atomic E-state index is 11.7. The summed E-state index contributed by atoms with van der Waals surface area (Å²) in [5.41, 5.74) is 8.14. The van der Waals surface area contributed by atoms with E-state index in [9.17, 15) is 9.90 Å². The number of aryl methyl sites for hydroxylation is 1. The van der Waals surface area contributed by atoms with E-state index >= 15 is 0 Å². The van der Waals surface area contributed by atoms with Crippen LogP contribution in [-0.4, -0.2) is 17.9 Å². The van der Waals surface area contributed by atoms with Crippen LogP contribution >= 0.6 is 12.4 Å². The molecule has 0 saturated heterocycles. The molecule has 0 bridgehead atoms. The molecule has 0 saturated carbocycles. The average molecular weight is 391 g/mol. The standard InChI is InChI=1S/C20H25N3O3.ClH/c1-4-13-11-15(7-10-17(13)26-12(2)3)18(20(24)25)23-16-8-5-14(6-9-16)19(21)22;/h5-12,18,23H,4H2,1-3H3,(H3,21,22)(H,24,25);1H/p-1. The lowest BCUT2D eigenvalue weighted by molar-refractivity contribution is -0.307. The summed E-state index contributed by atoms with van der Waals surface area (Å²) in [5.74, 6) is -0.504. The highest BCUT2D eigenvalue weighted by Crippen LogP contribution is 2.27. The first-order valence-electron chi connectivity index (χ1n) is 8.53. The molecule has 7 heteroatoms. The van der Waals surface area contributed by atoms with E-state index in [4.69, 9.17) is 15.9 Å². The van der Waals surface area contributed by atoms with Crippen molar-refractivity contribution >= 4 is 29.9 Å². The molecular formula is C20H25ClN3O3-. The number of carboxylic acid groups (broad SMARTS) is 1. The molecule has 0 aliphatic heterocycles. The fourth-order valence-corrected chi connectivity index (χ4v) is 2.62. The molecule has 6 nitrogen and oxygen atoms in total. The fraction of sp³-hybridized carbons (Fsp3) is 0.300. The fourth-order valence-electron chi connectivity index (χ4n) is 2.62. The maximum Gasteiger partial charge on any atom is 0.122 e. The van der Waals surface area contributed by atoms with Crippen LogP contribution in [0.2, 0.25) is 0 Å². The van der Waals surface area contributed by atoms with Gasteiger partial charge in [-0.2, -0.15) is 0 Å². The lowest BCUT2D eigenvalue weighted by Crippen LogP contribution is -2.34. The first-order valence-corrected chi connectivity index (χ1v) is 8.53. The zero-order valence-corrected chi connectivity index (χ0v) is 16.4. The van der Waals surface area contributed by atoms with Crippen molar-refractivity contribution in [1.29, 1.82) is 5.41 Å². The van der Waals surface area contributed by atoms with Gasteiger partial charge in [-0.05, 0) is 67.8 Å². The van der Waals surface area contributed by atoms with Crippen LogP contribution in [0.25, 0.3) is 0 Å². The number of hydrogen-bond donors (Lipinski definition) is 3. The highest BCUT2D eigenvalue weighted by molar-refractivity contribution is 5.95. The molecule has 2 rings (SSSR count). The number of anilines is 1. The Morgan fingerprint density at radius 1 is 1.22 bits per heavy atom. The van der Waals surface area contributed by atoms with Crippen LogP contribution in [0.4, 0.5) is 5.69 Å². The van der Waals surface area contributed by atoms with Gasteiger partial charge in [0.05, 0.1) is 18.1 Å². The Labute approximate surface area is 165 Å². The Balaban J connectivity index is 0.00000364. The minimum Gasteiger partial charge on any atom is -0.548 e. The smallest absolute Gasteiger partial charge is 0.122 e. The lowest BCUT2D eigenvalue weighted by atomic mass is 10.0. The molecule has 0 aromatic heterocycles. The molecule has 0 fully saturated rings. The van der Waals surface area contributed by atoms with Gasteiger partial charge in [-0.25, -0.2) is 0 Å². The third-order valence-corrected chi connectivity index (χ3v) is 3.90. The van der Waals surface area contributed by atoms with Crippen molar-refractivity contribution in [3.63, 3.8) is 0 Å². The summed E-state index contributed by atoms with van der Waals surface area (Å²) < 4.78 is 5.77. The molecule has 4 N–H and O–H groups in total. The molecule has 146 valence electrons. The Bertz CT molecular complexity index is 792. The van der Waals surface area contributed by atoms with E-state index in [0.717, 1.165) is 17.7 Å². The van der Waals surface area contributed by atoms with Gasteiger partial charge in [-0.15, -0.1) is 12.4 Å². The van der Waals surface area contributed by atoms with Gasteiger partial charge in [0.1, 0.15) is 11.6 Å². The lowest BCUT2D eigenvalue weighted by Gasteiger charge is -2.23. The van der Waals surface area contributed by atoms with Crippen LogP contribution in [0.5, 0.6) is 5.75 Å². The third kappa shape index (κ3) is 5.89. The van der Waals surface area contributed by atoms with Crippen LogP contribution in [-0.2, 0) is 11.2 Å². The highest BCUT2D eigenvalue weighted by atomic mass is 35.5. The largest absolute Gasteiger partial charge is 0.548 e. The van der Waals surface area contributed by atoms with Gasteiger partial charge in [-0.3, -0.25) is 5.41 Å². The first kappa shape index (κ1) is 22.3.